The van der Waals surface area contributed by atoms with Crippen molar-refractivity contribution in [1.82, 2.24) is 5.06 Å². The van der Waals surface area contributed by atoms with Crippen LogP contribution in [0.25, 0.3) is 0 Å². The first kappa shape index (κ1) is 14.5. The van der Waals surface area contributed by atoms with E-state index in [1.54, 1.807) is 0 Å². The van der Waals surface area contributed by atoms with E-state index in [1.165, 1.54) is 6.92 Å². The summed E-state index contributed by atoms with van der Waals surface area (Å²) in [5.41, 5.74) is 5.01. The summed E-state index contributed by atoms with van der Waals surface area (Å²) >= 11 is 0. The molecule has 0 heterocycles. The fourth-order valence-corrected chi connectivity index (χ4v) is 0.601. The van der Waals surface area contributed by atoms with E-state index >= 15 is 0 Å². The van der Waals surface area contributed by atoms with E-state index in [0.29, 0.717) is 0 Å². The second-order valence-electron chi connectivity index (χ2n) is 2.47. The molecule has 0 aliphatic carbocycles. The average molecular weight is 244 g/mol. The highest BCUT2D eigenvalue weighted by molar-refractivity contribution is 5.77. The Bertz CT molecular complexity index is 257. The van der Waals surface area contributed by atoms with Crippen LogP contribution in [-0.2, 0) is 14.4 Å². The normalized spacial score (nSPS) is 10.8. The molecule has 0 aromatic heterocycles. The maximum absolute atomic E-state index is 11.8. The fraction of sp³-hybridized carbons (Fsp3) is 0.714. The lowest BCUT2D eigenvalue weighted by Crippen LogP contribution is -2.39. The van der Waals surface area contributed by atoms with E-state index in [4.69, 9.17) is 5.73 Å². The van der Waals surface area contributed by atoms with Gasteiger partial charge in [0.2, 0.25) is 0 Å². The van der Waals surface area contributed by atoms with Crippen LogP contribution >= 0.6 is 0 Å². The standard InChI is InChI=1S/C7H11F3N2O4/c1-2-12(6(14)15-4-3-11)16-5(13)7(8,9)10/h2-4,11H2,1H3. The molecule has 0 radical (unpaired) electrons. The van der Waals surface area contributed by atoms with Crippen LogP contribution in [0.4, 0.5) is 18.0 Å². The number of rotatable bonds is 3. The van der Waals surface area contributed by atoms with Gasteiger partial charge < -0.3 is 15.3 Å². The van der Waals surface area contributed by atoms with Gasteiger partial charge in [0.25, 0.3) is 0 Å². The molecule has 9 heteroatoms. The number of nitrogens with zero attached hydrogens (tertiary/aromatic N) is 1. The number of hydroxylamine groups is 2. The summed E-state index contributed by atoms with van der Waals surface area (Å²) in [7, 11) is 0. The van der Waals surface area contributed by atoms with Crippen LogP contribution in [0.3, 0.4) is 0 Å². The quantitative estimate of drug-likeness (QED) is 0.728. The lowest BCUT2D eigenvalue weighted by atomic mass is 10.7. The van der Waals surface area contributed by atoms with Gasteiger partial charge in [0.05, 0.1) is 6.54 Å². The molecule has 2 N–H and O–H groups in total. The minimum Gasteiger partial charge on any atom is -0.446 e. The summed E-state index contributed by atoms with van der Waals surface area (Å²) in [6.07, 6.45) is -6.37. The molecule has 0 aliphatic heterocycles. The van der Waals surface area contributed by atoms with Gasteiger partial charge in [0.1, 0.15) is 6.61 Å². The van der Waals surface area contributed by atoms with Crippen LogP contribution in [0.1, 0.15) is 6.92 Å². The number of carbonyl (C=O) groups is 2. The molecule has 0 saturated heterocycles. The molecule has 6 nitrogen and oxygen atoms in total. The van der Waals surface area contributed by atoms with Crippen LogP contribution in [0.2, 0.25) is 0 Å². The van der Waals surface area contributed by atoms with Gasteiger partial charge >= 0.3 is 18.2 Å². The van der Waals surface area contributed by atoms with Crippen molar-refractivity contribution in [3.8, 4) is 0 Å². The Labute approximate surface area is 89.0 Å². The minimum atomic E-state index is -5.17. The molecule has 0 unspecified atom stereocenters. The third kappa shape index (κ3) is 4.82. The molecule has 1 amide bonds. The Morgan fingerprint density at radius 2 is 1.94 bits per heavy atom. The molecule has 0 aliphatic rings. The number of nitrogens with two attached hydrogens (primary N) is 1. The summed E-state index contributed by atoms with van der Waals surface area (Å²) < 4.78 is 39.7. The smallest absolute Gasteiger partial charge is 0.446 e. The molecule has 0 fully saturated rings. The number of amides is 1. The number of hydrogen-bond donors (Lipinski definition) is 1. The van der Waals surface area contributed by atoms with Gasteiger partial charge in [-0.25, -0.2) is 9.59 Å². The first-order valence-electron chi connectivity index (χ1n) is 4.26. The van der Waals surface area contributed by atoms with Crippen LogP contribution in [0, 0.1) is 0 Å². The molecular weight excluding hydrogens is 233 g/mol. The lowest BCUT2D eigenvalue weighted by Gasteiger charge is -2.19. The summed E-state index contributed by atoms with van der Waals surface area (Å²) in [6.45, 7) is 0.869. The Hall–Kier alpha value is -1.51. The highest BCUT2D eigenvalue weighted by Crippen LogP contribution is 2.17. The number of ether oxygens (including phenoxy) is 1. The highest BCUT2D eigenvalue weighted by Gasteiger charge is 2.43. The first-order chi connectivity index (χ1) is 7.32. The molecule has 0 saturated carbocycles. The summed E-state index contributed by atoms with van der Waals surface area (Å²) in [6, 6.07) is 0. The summed E-state index contributed by atoms with van der Waals surface area (Å²) in [5.74, 6) is -2.49. The van der Waals surface area contributed by atoms with Crippen molar-refractivity contribution in [2.75, 3.05) is 19.7 Å². The topological polar surface area (TPSA) is 81.9 Å². The molecule has 0 aromatic carbocycles. The highest BCUT2D eigenvalue weighted by atomic mass is 19.4. The van der Waals surface area contributed by atoms with Crippen molar-refractivity contribution in [3.05, 3.63) is 0 Å². The largest absolute Gasteiger partial charge is 0.493 e. The first-order valence-corrected chi connectivity index (χ1v) is 4.26. The molecule has 16 heavy (non-hydrogen) atoms. The average Bonchev–Trinajstić information content (AvgIpc) is 2.20. The maximum Gasteiger partial charge on any atom is 0.493 e. The predicted molar refractivity (Wildman–Crippen MR) is 44.9 cm³/mol. The van der Waals surface area contributed by atoms with Crippen LogP contribution in [0.5, 0.6) is 0 Å². The Morgan fingerprint density at radius 1 is 1.38 bits per heavy atom. The van der Waals surface area contributed by atoms with E-state index in [0.717, 1.165) is 0 Å². The van der Waals surface area contributed by atoms with Crippen molar-refractivity contribution in [2.45, 2.75) is 13.1 Å². The molecule has 0 spiro atoms. The van der Waals surface area contributed by atoms with Crippen molar-refractivity contribution >= 4 is 12.1 Å². The van der Waals surface area contributed by atoms with Gasteiger partial charge in [0.15, 0.2) is 0 Å². The Kier molecular flexibility index (Phi) is 5.57. The van der Waals surface area contributed by atoms with Crippen molar-refractivity contribution in [2.24, 2.45) is 5.73 Å². The van der Waals surface area contributed by atoms with Crippen LogP contribution in [0.15, 0.2) is 0 Å². The van der Waals surface area contributed by atoms with Crippen LogP contribution in [-0.4, -0.2) is 43.0 Å². The van der Waals surface area contributed by atoms with Crippen molar-refractivity contribution < 1.29 is 32.3 Å². The summed E-state index contributed by atoms with van der Waals surface area (Å²) in [5, 5.41) is 0.158. The Morgan fingerprint density at radius 3 is 2.31 bits per heavy atom. The molecular formula is C7H11F3N2O4. The van der Waals surface area contributed by atoms with Gasteiger partial charge in [-0.1, -0.05) is 0 Å². The zero-order valence-corrected chi connectivity index (χ0v) is 8.41. The van der Waals surface area contributed by atoms with E-state index < -0.39 is 18.2 Å². The van der Waals surface area contributed by atoms with Gasteiger partial charge in [-0.2, -0.15) is 13.2 Å². The number of carbonyl (C=O) groups excluding carboxylic acids is 2. The molecule has 0 atom stereocenters. The third-order valence-electron chi connectivity index (χ3n) is 1.26. The minimum absolute atomic E-state index is 0.0104. The summed E-state index contributed by atoms with van der Waals surface area (Å²) in [4.78, 5) is 25.2. The number of hydrogen-bond acceptors (Lipinski definition) is 5. The van der Waals surface area contributed by atoms with E-state index in [9.17, 15) is 22.8 Å². The van der Waals surface area contributed by atoms with Crippen molar-refractivity contribution in [1.29, 1.82) is 0 Å². The van der Waals surface area contributed by atoms with E-state index in [2.05, 4.69) is 9.57 Å². The van der Waals surface area contributed by atoms with Gasteiger partial charge in [-0.15, -0.1) is 5.06 Å². The SMILES string of the molecule is CCN(OC(=O)C(F)(F)F)C(=O)OCCN. The third-order valence-corrected chi connectivity index (χ3v) is 1.26. The molecule has 0 aromatic rings. The van der Waals surface area contributed by atoms with E-state index in [1.807, 2.05) is 0 Å². The zero-order chi connectivity index (χ0) is 12.8. The van der Waals surface area contributed by atoms with Gasteiger partial charge in [0, 0.05) is 6.54 Å². The zero-order valence-electron chi connectivity index (χ0n) is 8.41. The van der Waals surface area contributed by atoms with Gasteiger partial charge in [-0.3, -0.25) is 0 Å². The fourth-order valence-electron chi connectivity index (χ4n) is 0.601. The maximum atomic E-state index is 11.8. The molecule has 0 bridgehead atoms. The monoisotopic (exact) mass is 244 g/mol. The predicted octanol–water partition coefficient (Wildman–Crippen LogP) is 0.424. The van der Waals surface area contributed by atoms with Gasteiger partial charge in [-0.05, 0) is 6.92 Å². The molecule has 94 valence electrons. The second kappa shape index (κ2) is 6.16. The second-order valence-corrected chi connectivity index (χ2v) is 2.47. The van der Waals surface area contributed by atoms with Crippen LogP contribution < -0.4 is 5.73 Å². The van der Waals surface area contributed by atoms with E-state index in [-0.39, 0.29) is 24.8 Å². The Balaban J connectivity index is 4.30. The lowest BCUT2D eigenvalue weighted by molar-refractivity contribution is -0.230. The number of halogens is 3. The molecule has 0 rings (SSSR count). The van der Waals surface area contributed by atoms with Crippen molar-refractivity contribution in [3.63, 3.8) is 0 Å². The number of alkyl halides is 3.